The molecule has 5 heteroatoms. The zero-order chi connectivity index (χ0) is 14.3. The van der Waals surface area contributed by atoms with Crippen molar-refractivity contribution in [1.29, 1.82) is 0 Å². The lowest BCUT2D eigenvalue weighted by molar-refractivity contribution is -0.131. The van der Waals surface area contributed by atoms with E-state index >= 15 is 0 Å². The molecule has 1 aliphatic rings. The number of hydrogen-bond donors (Lipinski definition) is 4. The largest absolute Gasteiger partial charge is 0.478 e. The van der Waals surface area contributed by atoms with Crippen molar-refractivity contribution in [3.63, 3.8) is 0 Å². The molecule has 0 aromatic carbocycles. The summed E-state index contributed by atoms with van der Waals surface area (Å²) in [6.07, 6.45) is 7.29. The van der Waals surface area contributed by atoms with Gasteiger partial charge in [-0.05, 0) is 43.6 Å². The molecule has 19 heavy (non-hydrogen) atoms. The van der Waals surface area contributed by atoms with Crippen LogP contribution in [0.2, 0.25) is 0 Å². The topological polar surface area (TPSA) is 98.0 Å². The van der Waals surface area contributed by atoms with E-state index in [1.807, 2.05) is 12.2 Å². The van der Waals surface area contributed by atoms with Crippen molar-refractivity contribution >= 4 is 5.97 Å². The molecule has 0 radical (unpaired) electrons. The van der Waals surface area contributed by atoms with Crippen LogP contribution in [-0.2, 0) is 4.79 Å². The zero-order valence-electron chi connectivity index (χ0n) is 10.9. The molecule has 4 atom stereocenters. The quantitative estimate of drug-likeness (QED) is 0.310. The van der Waals surface area contributed by atoms with E-state index in [0.29, 0.717) is 19.3 Å². The maximum Gasteiger partial charge on any atom is 0.328 e. The molecule has 0 amide bonds. The number of hydrogen-bond acceptors (Lipinski definition) is 4. The zero-order valence-corrected chi connectivity index (χ0v) is 10.9. The van der Waals surface area contributed by atoms with Crippen molar-refractivity contribution in [2.75, 3.05) is 6.61 Å². The Hall–Kier alpha value is -1.17. The fourth-order valence-corrected chi connectivity index (χ4v) is 2.49. The Kier molecular flexibility index (Phi) is 6.77. The SMILES string of the molecule is O=C(O)/C=C/C(O)C1CC(O)CC1/C=C/CCCO. The number of carboxylic acid groups (broad SMARTS) is 1. The minimum absolute atomic E-state index is 0.0436. The highest BCUT2D eigenvalue weighted by Crippen LogP contribution is 2.36. The van der Waals surface area contributed by atoms with Gasteiger partial charge in [0.15, 0.2) is 0 Å². The lowest BCUT2D eigenvalue weighted by Crippen LogP contribution is -2.21. The number of carboxylic acids is 1. The van der Waals surface area contributed by atoms with Crippen LogP contribution in [-0.4, -0.2) is 45.2 Å². The Morgan fingerprint density at radius 1 is 1.37 bits per heavy atom. The summed E-state index contributed by atoms with van der Waals surface area (Å²) in [5.41, 5.74) is 0. The molecule has 0 bridgehead atoms. The molecular weight excluding hydrogens is 248 g/mol. The number of rotatable bonds is 7. The maximum atomic E-state index is 10.4. The summed E-state index contributed by atoms with van der Waals surface area (Å²) in [5.74, 6) is -1.20. The van der Waals surface area contributed by atoms with Gasteiger partial charge in [-0.15, -0.1) is 0 Å². The van der Waals surface area contributed by atoms with Crippen LogP contribution < -0.4 is 0 Å². The van der Waals surface area contributed by atoms with Crippen LogP contribution in [0.1, 0.15) is 25.7 Å². The molecule has 1 fully saturated rings. The Labute approximate surface area is 112 Å². The molecule has 0 spiro atoms. The van der Waals surface area contributed by atoms with Crippen LogP contribution in [0.25, 0.3) is 0 Å². The Morgan fingerprint density at radius 2 is 2.11 bits per heavy atom. The van der Waals surface area contributed by atoms with Crippen molar-refractivity contribution in [1.82, 2.24) is 0 Å². The standard InChI is InChI=1S/C14H22O5/c15-7-3-1-2-4-10-8-11(16)9-12(10)13(17)5-6-14(18)19/h2,4-6,10-13,15-17H,1,3,7-9H2,(H,18,19)/b4-2+,6-5+. The average molecular weight is 270 g/mol. The third kappa shape index (κ3) is 5.55. The van der Waals surface area contributed by atoms with E-state index < -0.39 is 18.2 Å². The molecule has 1 aliphatic carbocycles. The van der Waals surface area contributed by atoms with Crippen molar-refractivity contribution in [3.8, 4) is 0 Å². The van der Waals surface area contributed by atoms with E-state index in [-0.39, 0.29) is 18.4 Å². The van der Waals surface area contributed by atoms with E-state index in [9.17, 15) is 15.0 Å². The van der Waals surface area contributed by atoms with E-state index in [2.05, 4.69) is 0 Å². The summed E-state index contributed by atoms with van der Waals surface area (Å²) in [6.45, 7) is 0.144. The maximum absolute atomic E-state index is 10.4. The summed E-state index contributed by atoms with van der Waals surface area (Å²) in [7, 11) is 0. The fourth-order valence-electron chi connectivity index (χ4n) is 2.49. The summed E-state index contributed by atoms with van der Waals surface area (Å²) in [6, 6.07) is 0. The predicted octanol–water partition coefficient (Wildman–Crippen LogP) is 0.704. The van der Waals surface area contributed by atoms with Gasteiger partial charge in [0, 0.05) is 12.7 Å². The van der Waals surface area contributed by atoms with E-state index in [1.165, 1.54) is 6.08 Å². The van der Waals surface area contributed by atoms with Gasteiger partial charge >= 0.3 is 5.97 Å². The minimum atomic E-state index is -1.09. The van der Waals surface area contributed by atoms with Gasteiger partial charge in [-0.3, -0.25) is 0 Å². The lowest BCUT2D eigenvalue weighted by Gasteiger charge is -2.19. The molecule has 4 N–H and O–H groups in total. The van der Waals surface area contributed by atoms with Gasteiger partial charge in [-0.1, -0.05) is 12.2 Å². The summed E-state index contributed by atoms with van der Waals surface area (Å²) < 4.78 is 0. The third-order valence-corrected chi connectivity index (χ3v) is 3.43. The number of aliphatic hydroxyl groups excluding tert-OH is 3. The van der Waals surface area contributed by atoms with E-state index in [4.69, 9.17) is 10.2 Å². The second kappa shape index (κ2) is 8.09. The van der Waals surface area contributed by atoms with Crippen molar-refractivity contribution < 1.29 is 25.2 Å². The summed E-state index contributed by atoms with van der Waals surface area (Å²) >= 11 is 0. The summed E-state index contributed by atoms with van der Waals surface area (Å²) in [4.78, 5) is 10.4. The van der Waals surface area contributed by atoms with Gasteiger partial charge in [-0.25, -0.2) is 4.79 Å². The van der Waals surface area contributed by atoms with Gasteiger partial charge < -0.3 is 20.4 Å². The molecule has 5 nitrogen and oxygen atoms in total. The summed E-state index contributed by atoms with van der Waals surface area (Å²) in [5, 5.41) is 36.8. The number of aliphatic carboxylic acids is 1. The Balaban J connectivity index is 2.58. The molecule has 1 rings (SSSR count). The van der Waals surface area contributed by atoms with Crippen LogP contribution >= 0.6 is 0 Å². The molecule has 0 aliphatic heterocycles. The molecular formula is C14H22O5. The molecule has 1 saturated carbocycles. The minimum Gasteiger partial charge on any atom is -0.478 e. The fraction of sp³-hybridized carbons (Fsp3) is 0.643. The highest BCUT2D eigenvalue weighted by atomic mass is 16.4. The average Bonchev–Trinajstić information content (AvgIpc) is 2.73. The molecule has 0 saturated heterocycles. The van der Waals surface area contributed by atoms with Gasteiger partial charge in [0.2, 0.25) is 0 Å². The first kappa shape index (κ1) is 15.9. The highest BCUT2D eigenvalue weighted by molar-refractivity contribution is 5.79. The normalized spacial score (nSPS) is 29.3. The highest BCUT2D eigenvalue weighted by Gasteiger charge is 2.35. The lowest BCUT2D eigenvalue weighted by atomic mass is 9.90. The van der Waals surface area contributed by atoms with Crippen LogP contribution in [0.4, 0.5) is 0 Å². The van der Waals surface area contributed by atoms with Crippen molar-refractivity contribution in [3.05, 3.63) is 24.3 Å². The third-order valence-electron chi connectivity index (χ3n) is 3.43. The van der Waals surface area contributed by atoms with Crippen LogP contribution in [0.15, 0.2) is 24.3 Å². The molecule has 4 unspecified atom stereocenters. The molecule has 108 valence electrons. The van der Waals surface area contributed by atoms with Crippen molar-refractivity contribution in [2.24, 2.45) is 11.8 Å². The van der Waals surface area contributed by atoms with Crippen LogP contribution in [0.5, 0.6) is 0 Å². The molecule has 0 heterocycles. The number of allylic oxidation sites excluding steroid dienone is 2. The first-order valence-corrected chi connectivity index (χ1v) is 6.59. The van der Waals surface area contributed by atoms with E-state index in [0.717, 1.165) is 12.5 Å². The second-order valence-corrected chi connectivity index (χ2v) is 4.93. The molecule has 0 aromatic heterocycles. The predicted molar refractivity (Wildman–Crippen MR) is 70.5 cm³/mol. The van der Waals surface area contributed by atoms with Crippen LogP contribution in [0.3, 0.4) is 0 Å². The number of unbranched alkanes of at least 4 members (excludes halogenated alkanes) is 1. The first-order chi connectivity index (χ1) is 9.04. The van der Waals surface area contributed by atoms with Gasteiger partial charge in [0.1, 0.15) is 0 Å². The van der Waals surface area contributed by atoms with E-state index in [1.54, 1.807) is 0 Å². The Bertz CT molecular complexity index is 337. The Morgan fingerprint density at radius 3 is 2.74 bits per heavy atom. The second-order valence-electron chi connectivity index (χ2n) is 4.93. The first-order valence-electron chi connectivity index (χ1n) is 6.59. The number of aliphatic hydroxyl groups is 3. The van der Waals surface area contributed by atoms with Gasteiger partial charge in [0.05, 0.1) is 12.2 Å². The monoisotopic (exact) mass is 270 g/mol. The van der Waals surface area contributed by atoms with Gasteiger partial charge in [-0.2, -0.15) is 0 Å². The smallest absolute Gasteiger partial charge is 0.328 e. The number of carbonyl (C=O) groups is 1. The van der Waals surface area contributed by atoms with Crippen molar-refractivity contribution in [2.45, 2.75) is 37.9 Å². The molecule has 0 aromatic rings. The van der Waals surface area contributed by atoms with Crippen LogP contribution in [0, 0.1) is 11.8 Å². The van der Waals surface area contributed by atoms with Gasteiger partial charge in [0.25, 0.3) is 0 Å².